The van der Waals surface area contributed by atoms with Gasteiger partial charge in [-0.1, -0.05) is 24.3 Å². The smallest absolute Gasteiger partial charge is 0.200 e. The van der Waals surface area contributed by atoms with Crippen LogP contribution in [0.25, 0.3) is 0 Å². The molecule has 1 aromatic rings. The van der Waals surface area contributed by atoms with E-state index >= 15 is 0 Å². The zero-order chi connectivity index (χ0) is 14.3. The Hall–Kier alpha value is -1.62. The average molecular weight is 290 g/mol. The summed E-state index contributed by atoms with van der Waals surface area (Å²) in [5.74, 6) is 0.982. The van der Waals surface area contributed by atoms with Crippen LogP contribution in [0.1, 0.15) is 24.0 Å². The highest BCUT2D eigenvalue weighted by molar-refractivity contribution is 7.89. The second-order valence-corrected chi connectivity index (χ2v) is 7.23. The van der Waals surface area contributed by atoms with Gasteiger partial charge in [-0.15, -0.1) is 0 Å². The second-order valence-electron chi connectivity index (χ2n) is 5.61. The van der Waals surface area contributed by atoms with Crippen LogP contribution in [-0.4, -0.2) is 14.1 Å². The third-order valence-electron chi connectivity index (χ3n) is 4.11. The summed E-state index contributed by atoms with van der Waals surface area (Å²) in [6, 6.07) is 5.40. The fourth-order valence-corrected chi connectivity index (χ4v) is 4.00. The zero-order valence-electron chi connectivity index (χ0n) is 11.6. The first-order valence-corrected chi connectivity index (χ1v) is 8.28. The minimum Gasteiger partial charge on any atom is -0.200 e. The van der Waals surface area contributed by atoms with Crippen LogP contribution in [0, 0.1) is 25.7 Å². The van der Waals surface area contributed by atoms with Crippen LogP contribution < -0.4 is 4.83 Å². The maximum absolute atomic E-state index is 12.3. The van der Waals surface area contributed by atoms with Gasteiger partial charge in [0, 0.05) is 11.6 Å². The van der Waals surface area contributed by atoms with Crippen molar-refractivity contribution >= 4 is 15.7 Å². The van der Waals surface area contributed by atoms with Gasteiger partial charge in [0.2, 0.25) is 0 Å². The van der Waals surface area contributed by atoms with Crippen LogP contribution in [0.5, 0.6) is 0 Å². The summed E-state index contributed by atoms with van der Waals surface area (Å²) >= 11 is 0. The molecule has 0 saturated heterocycles. The Kier molecular flexibility index (Phi) is 3.17. The summed E-state index contributed by atoms with van der Waals surface area (Å²) in [5, 5.41) is 4.13. The quantitative estimate of drug-likeness (QED) is 0.687. The van der Waals surface area contributed by atoms with Crippen molar-refractivity contribution in [2.24, 2.45) is 16.9 Å². The molecule has 1 fully saturated rings. The van der Waals surface area contributed by atoms with Crippen molar-refractivity contribution < 1.29 is 8.42 Å². The van der Waals surface area contributed by atoms with Crippen LogP contribution in [0.2, 0.25) is 0 Å². The Morgan fingerprint density at radius 1 is 1.30 bits per heavy atom. The van der Waals surface area contributed by atoms with Crippen molar-refractivity contribution in [3.8, 4) is 0 Å². The van der Waals surface area contributed by atoms with E-state index < -0.39 is 10.0 Å². The monoisotopic (exact) mass is 290 g/mol. The van der Waals surface area contributed by atoms with Gasteiger partial charge < -0.3 is 0 Å². The molecule has 2 atom stereocenters. The highest BCUT2D eigenvalue weighted by Crippen LogP contribution is 2.40. The number of hydrazone groups is 1. The van der Waals surface area contributed by atoms with Gasteiger partial charge in [-0.2, -0.15) is 13.5 Å². The number of nitrogens with one attached hydrogen (secondary N) is 1. The highest BCUT2D eigenvalue weighted by atomic mass is 32.2. The number of allylic oxidation sites excluding steroid dienone is 2. The van der Waals surface area contributed by atoms with E-state index in [0.29, 0.717) is 16.7 Å². The number of fused-ring (bicyclic) bond motifs is 1. The molecular formula is C15H18N2O2S. The van der Waals surface area contributed by atoms with E-state index in [0.717, 1.165) is 29.7 Å². The van der Waals surface area contributed by atoms with Gasteiger partial charge in [0.05, 0.1) is 4.90 Å². The summed E-state index contributed by atoms with van der Waals surface area (Å²) in [6.07, 6.45) is 6.20. The predicted octanol–water partition coefficient (Wildman–Crippen LogP) is 2.53. The Bertz CT molecular complexity index is 705. The molecule has 0 spiro atoms. The van der Waals surface area contributed by atoms with Crippen molar-refractivity contribution in [1.82, 2.24) is 4.83 Å². The van der Waals surface area contributed by atoms with E-state index in [1.807, 2.05) is 19.1 Å². The Morgan fingerprint density at radius 2 is 2.10 bits per heavy atom. The van der Waals surface area contributed by atoms with Crippen molar-refractivity contribution in [2.45, 2.75) is 31.6 Å². The molecule has 3 rings (SSSR count). The summed E-state index contributed by atoms with van der Waals surface area (Å²) < 4.78 is 24.6. The Morgan fingerprint density at radius 3 is 2.85 bits per heavy atom. The van der Waals surface area contributed by atoms with Gasteiger partial charge in [-0.25, -0.2) is 4.83 Å². The first kappa shape index (κ1) is 13.4. The number of hydrogen-bond donors (Lipinski definition) is 1. The van der Waals surface area contributed by atoms with Gasteiger partial charge in [-0.3, -0.25) is 0 Å². The molecule has 1 saturated carbocycles. The van der Waals surface area contributed by atoms with Crippen LogP contribution in [-0.2, 0) is 10.0 Å². The van der Waals surface area contributed by atoms with Crippen molar-refractivity contribution in [1.29, 1.82) is 0 Å². The summed E-state index contributed by atoms with van der Waals surface area (Å²) in [5.41, 5.74) is 2.62. The molecule has 20 heavy (non-hydrogen) atoms. The van der Waals surface area contributed by atoms with Crippen LogP contribution in [0.15, 0.2) is 40.3 Å². The molecule has 0 radical (unpaired) electrons. The van der Waals surface area contributed by atoms with E-state index in [1.54, 1.807) is 13.0 Å². The standard InChI is InChI=1S/C15H18N2O2S/c1-10-6-7-11(2)15(8-10)20(18,19)17-16-14-9-12-4-3-5-13(12)14/h3-4,6-8,12-13,17H,5,9H2,1-2H3/b16-14-/t12-,13+/m1/s1. The maximum Gasteiger partial charge on any atom is 0.276 e. The molecule has 2 aliphatic rings. The van der Waals surface area contributed by atoms with Gasteiger partial charge in [-0.05, 0) is 49.8 Å². The van der Waals surface area contributed by atoms with Crippen molar-refractivity contribution in [3.05, 3.63) is 41.5 Å². The van der Waals surface area contributed by atoms with Crippen LogP contribution in [0.3, 0.4) is 0 Å². The molecule has 0 unspecified atom stereocenters. The third kappa shape index (κ3) is 2.26. The molecule has 2 aliphatic carbocycles. The lowest BCUT2D eigenvalue weighted by Gasteiger charge is -2.31. The molecule has 0 aromatic heterocycles. The SMILES string of the molecule is Cc1ccc(C)c(S(=O)(=O)N/N=C2/C[C@H]3C=CC[C@H]23)c1. The fraction of sp³-hybridized carbons (Fsp3) is 0.400. The number of hydrogen-bond acceptors (Lipinski definition) is 3. The first-order chi connectivity index (χ1) is 9.47. The normalized spacial score (nSPS) is 26.4. The average Bonchev–Trinajstić information content (AvgIpc) is 2.74. The number of benzene rings is 1. The summed E-state index contributed by atoms with van der Waals surface area (Å²) in [6.45, 7) is 3.67. The number of sulfonamides is 1. The molecule has 0 amide bonds. The van der Waals surface area contributed by atoms with Gasteiger partial charge in [0.1, 0.15) is 0 Å². The lowest BCUT2D eigenvalue weighted by molar-refractivity contribution is 0.463. The van der Waals surface area contributed by atoms with E-state index in [2.05, 4.69) is 22.1 Å². The molecule has 0 bridgehead atoms. The van der Waals surface area contributed by atoms with Gasteiger partial charge in [0.15, 0.2) is 0 Å². The highest BCUT2D eigenvalue weighted by Gasteiger charge is 2.38. The molecule has 0 heterocycles. The molecule has 0 aliphatic heterocycles. The van der Waals surface area contributed by atoms with E-state index in [1.165, 1.54) is 0 Å². The summed E-state index contributed by atoms with van der Waals surface area (Å²) in [4.78, 5) is 2.70. The Labute approximate surface area is 119 Å². The third-order valence-corrected chi connectivity index (χ3v) is 5.46. The molecule has 1 aromatic carbocycles. The van der Waals surface area contributed by atoms with E-state index in [4.69, 9.17) is 0 Å². The van der Waals surface area contributed by atoms with Crippen molar-refractivity contribution in [2.75, 3.05) is 0 Å². The minimum atomic E-state index is -3.57. The molecule has 5 heteroatoms. The summed E-state index contributed by atoms with van der Waals surface area (Å²) in [7, 11) is -3.57. The topological polar surface area (TPSA) is 58.5 Å². The Balaban J connectivity index is 1.80. The van der Waals surface area contributed by atoms with E-state index in [-0.39, 0.29) is 0 Å². The fourth-order valence-electron chi connectivity index (χ4n) is 2.83. The number of rotatable bonds is 3. The van der Waals surface area contributed by atoms with Crippen LogP contribution >= 0.6 is 0 Å². The van der Waals surface area contributed by atoms with Crippen LogP contribution in [0.4, 0.5) is 0 Å². The first-order valence-electron chi connectivity index (χ1n) is 6.79. The maximum atomic E-state index is 12.3. The predicted molar refractivity (Wildman–Crippen MR) is 79.0 cm³/mol. The molecular weight excluding hydrogens is 272 g/mol. The lowest BCUT2D eigenvalue weighted by Crippen LogP contribution is -2.35. The second kappa shape index (κ2) is 4.74. The lowest BCUT2D eigenvalue weighted by atomic mass is 9.74. The number of aryl methyl sites for hydroxylation is 2. The largest absolute Gasteiger partial charge is 0.276 e. The van der Waals surface area contributed by atoms with Gasteiger partial charge in [0.25, 0.3) is 10.0 Å². The zero-order valence-corrected chi connectivity index (χ0v) is 12.4. The molecule has 1 N–H and O–H groups in total. The number of nitrogens with zero attached hydrogens (tertiary/aromatic N) is 1. The molecule has 106 valence electrons. The van der Waals surface area contributed by atoms with Gasteiger partial charge >= 0.3 is 0 Å². The molecule has 4 nitrogen and oxygen atoms in total. The van der Waals surface area contributed by atoms with E-state index in [9.17, 15) is 8.42 Å². The minimum absolute atomic E-state index is 0.308. The van der Waals surface area contributed by atoms with Crippen molar-refractivity contribution in [3.63, 3.8) is 0 Å².